The fourth-order valence-corrected chi connectivity index (χ4v) is 3.94. The summed E-state index contributed by atoms with van der Waals surface area (Å²) < 4.78 is 29.4. The third-order valence-corrected chi connectivity index (χ3v) is 5.93. The van der Waals surface area contributed by atoms with Crippen molar-refractivity contribution in [3.63, 3.8) is 0 Å². The first kappa shape index (κ1) is 18.3. The van der Waals surface area contributed by atoms with E-state index in [-0.39, 0.29) is 17.4 Å². The molecule has 1 heterocycles. The smallest absolute Gasteiger partial charge is 0.264 e. The molecule has 1 aromatic heterocycles. The summed E-state index contributed by atoms with van der Waals surface area (Å²) in [5.41, 5.74) is 2.88. The highest BCUT2D eigenvalue weighted by molar-refractivity contribution is 7.90. The molecule has 3 aromatic rings. The minimum absolute atomic E-state index is 0.132. The fraction of sp³-hybridized carbons (Fsp3) is 0.222. The number of nitrogens with one attached hydrogen (secondary N) is 1. The van der Waals surface area contributed by atoms with Gasteiger partial charge in [0.05, 0.1) is 15.1 Å². The summed E-state index contributed by atoms with van der Waals surface area (Å²) in [6.45, 7) is 3.86. The van der Waals surface area contributed by atoms with Crippen LogP contribution in [0.1, 0.15) is 11.1 Å². The molecule has 0 atom stereocenters. The van der Waals surface area contributed by atoms with Gasteiger partial charge in [0.25, 0.3) is 5.91 Å². The van der Waals surface area contributed by atoms with Gasteiger partial charge in [0.15, 0.2) is 21.6 Å². The van der Waals surface area contributed by atoms with Crippen molar-refractivity contribution in [2.24, 2.45) is 0 Å². The molecule has 0 aliphatic carbocycles. The van der Waals surface area contributed by atoms with E-state index in [9.17, 15) is 13.2 Å². The molecule has 0 aliphatic heterocycles. The van der Waals surface area contributed by atoms with E-state index in [1.54, 1.807) is 12.1 Å². The molecule has 0 spiro atoms. The van der Waals surface area contributed by atoms with Crippen LogP contribution in [-0.4, -0.2) is 32.2 Å². The Morgan fingerprint density at radius 1 is 1.15 bits per heavy atom. The highest BCUT2D eigenvalue weighted by Crippen LogP contribution is 2.28. The highest BCUT2D eigenvalue weighted by Gasteiger charge is 2.12. The molecular formula is C18H18N2O4S2. The van der Waals surface area contributed by atoms with Gasteiger partial charge in [-0.05, 0) is 55.3 Å². The molecule has 0 bridgehead atoms. The lowest BCUT2D eigenvalue weighted by Crippen LogP contribution is -2.20. The molecule has 0 saturated heterocycles. The van der Waals surface area contributed by atoms with Crippen LogP contribution in [0, 0.1) is 13.8 Å². The van der Waals surface area contributed by atoms with E-state index in [0.717, 1.165) is 17.4 Å². The number of ether oxygens (including phenoxy) is 1. The largest absolute Gasteiger partial charge is 0.484 e. The Morgan fingerprint density at radius 3 is 2.62 bits per heavy atom. The monoisotopic (exact) mass is 390 g/mol. The summed E-state index contributed by atoms with van der Waals surface area (Å²) in [6, 6.07) is 10.3. The van der Waals surface area contributed by atoms with Gasteiger partial charge in [-0.1, -0.05) is 17.4 Å². The van der Waals surface area contributed by atoms with E-state index in [2.05, 4.69) is 10.3 Å². The zero-order valence-corrected chi connectivity index (χ0v) is 16.2. The van der Waals surface area contributed by atoms with Crippen molar-refractivity contribution >= 4 is 42.4 Å². The Balaban J connectivity index is 1.68. The lowest BCUT2D eigenvalue weighted by molar-refractivity contribution is -0.118. The van der Waals surface area contributed by atoms with Gasteiger partial charge in [-0.3, -0.25) is 10.1 Å². The standard InChI is InChI=1S/C18H18N2O4S2/c1-11-4-5-13(8-12(11)2)24-10-17(21)20-18-19-15-7-6-14(26(3,22)23)9-16(15)25-18/h4-9H,10H2,1-3H3,(H,19,20,21). The number of rotatable bonds is 5. The zero-order chi connectivity index (χ0) is 18.9. The lowest BCUT2D eigenvalue weighted by Gasteiger charge is -2.07. The second-order valence-corrected chi connectivity index (χ2v) is 9.05. The Kier molecular flexibility index (Phi) is 4.97. The molecule has 8 heteroatoms. The van der Waals surface area contributed by atoms with Crippen molar-refractivity contribution in [2.75, 3.05) is 18.2 Å². The van der Waals surface area contributed by atoms with Crippen LogP contribution in [0.3, 0.4) is 0 Å². The number of anilines is 1. The summed E-state index contributed by atoms with van der Waals surface area (Å²) in [6.07, 6.45) is 1.15. The van der Waals surface area contributed by atoms with Crippen LogP contribution in [-0.2, 0) is 14.6 Å². The van der Waals surface area contributed by atoms with Gasteiger partial charge in [0, 0.05) is 6.26 Å². The second kappa shape index (κ2) is 7.05. The van der Waals surface area contributed by atoms with E-state index in [1.807, 2.05) is 32.0 Å². The Bertz CT molecular complexity index is 1090. The maximum Gasteiger partial charge on any atom is 0.264 e. The molecule has 0 unspecified atom stereocenters. The molecule has 2 aromatic carbocycles. The zero-order valence-electron chi connectivity index (χ0n) is 14.6. The third kappa shape index (κ3) is 4.20. The molecule has 0 radical (unpaired) electrons. The summed E-state index contributed by atoms with van der Waals surface area (Å²) in [4.78, 5) is 16.6. The van der Waals surface area contributed by atoms with Crippen molar-refractivity contribution in [3.8, 4) is 5.75 Å². The molecule has 0 fully saturated rings. The van der Waals surface area contributed by atoms with Crippen molar-refractivity contribution < 1.29 is 17.9 Å². The first-order valence-corrected chi connectivity index (χ1v) is 10.5. The van der Waals surface area contributed by atoms with Crippen LogP contribution >= 0.6 is 11.3 Å². The topological polar surface area (TPSA) is 85.4 Å². The molecular weight excluding hydrogens is 372 g/mol. The van der Waals surface area contributed by atoms with Gasteiger partial charge in [-0.15, -0.1) is 0 Å². The molecule has 26 heavy (non-hydrogen) atoms. The van der Waals surface area contributed by atoms with Crippen LogP contribution in [0.25, 0.3) is 10.2 Å². The lowest BCUT2D eigenvalue weighted by atomic mass is 10.1. The Labute approximate surface area is 155 Å². The summed E-state index contributed by atoms with van der Waals surface area (Å²) >= 11 is 1.22. The van der Waals surface area contributed by atoms with Crippen molar-refractivity contribution in [1.82, 2.24) is 4.98 Å². The van der Waals surface area contributed by atoms with E-state index < -0.39 is 9.84 Å². The van der Waals surface area contributed by atoms with Crippen LogP contribution in [0.15, 0.2) is 41.3 Å². The van der Waals surface area contributed by atoms with Crippen LogP contribution in [0.5, 0.6) is 5.75 Å². The van der Waals surface area contributed by atoms with E-state index in [0.29, 0.717) is 21.1 Å². The summed E-state index contributed by atoms with van der Waals surface area (Å²) in [5.74, 6) is 0.302. The number of hydrogen-bond acceptors (Lipinski definition) is 6. The van der Waals surface area contributed by atoms with E-state index in [1.165, 1.54) is 17.4 Å². The molecule has 0 saturated carbocycles. The third-order valence-electron chi connectivity index (χ3n) is 3.88. The number of hydrogen-bond donors (Lipinski definition) is 1. The van der Waals surface area contributed by atoms with Crippen LogP contribution in [0.4, 0.5) is 5.13 Å². The highest BCUT2D eigenvalue weighted by atomic mass is 32.2. The number of aryl methyl sites for hydroxylation is 2. The quantitative estimate of drug-likeness (QED) is 0.722. The minimum atomic E-state index is -3.28. The van der Waals surface area contributed by atoms with E-state index in [4.69, 9.17) is 4.74 Å². The number of thiazole rings is 1. The summed E-state index contributed by atoms with van der Waals surface area (Å²) in [5, 5.41) is 3.08. The first-order chi connectivity index (χ1) is 12.2. The molecule has 0 aliphatic rings. The maximum absolute atomic E-state index is 12.1. The van der Waals surface area contributed by atoms with E-state index >= 15 is 0 Å². The number of fused-ring (bicyclic) bond motifs is 1. The average Bonchev–Trinajstić information content (AvgIpc) is 2.96. The normalized spacial score (nSPS) is 11.5. The van der Waals surface area contributed by atoms with Crippen molar-refractivity contribution in [1.29, 1.82) is 0 Å². The van der Waals surface area contributed by atoms with Gasteiger partial charge in [-0.25, -0.2) is 13.4 Å². The number of sulfone groups is 1. The maximum atomic E-state index is 12.1. The minimum Gasteiger partial charge on any atom is -0.484 e. The summed E-state index contributed by atoms with van der Waals surface area (Å²) in [7, 11) is -3.28. The SMILES string of the molecule is Cc1ccc(OCC(=O)Nc2nc3ccc(S(C)(=O)=O)cc3s2)cc1C. The molecule has 1 amide bonds. The van der Waals surface area contributed by atoms with Crippen molar-refractivity contribution in [2.45, 2.75) is 18.7 Å². The number of amides is 1. The van der Waals surface area contributed by atoms with Crippen LogP contribution in [0.2, 0.25) is 0 Å². The Morgan fingerprint density at radius 2 is 1.92 bits per heavy atom. The molecule has 6 nitrogen and oxygen atoms in total. The molecule has 136 valence electrons. The first-order valence-electron chi connectivity index (χ1n) is 7.83. The number of aromatic nitrogens is 1. The van der Waals surface area contributed by atoms with Gasteiger partial charge in [0.1, 0.15) is 5.75 Å². The Hall–Kier alpha value is -2.45. The number of carbonyl (C=O) groups is 1. The predicted octanol–water partition coefficient (Wildman–Crippen LogP) is 3.33. The van der Waals surface area contributed by atoms with Gasteiger partial charge in [0.2, 0.25) is 0 Å². The van der Waals surface area contributed by atoms with Crippen LogP contribution < -0.4 is 10.1 Å². The molecule has 3 rings (SSSR count). The fourth-order valence-electron chi connectivity index (χ4n) is 2.30. The molecule has 1 N–H and O–H groups in total. The average molecular weight is 390 g/mol. The van der Waals surface area contributed by atoms with Gasteiger partial charge < -0.3 is 4.74 Å². The number of benzene rings is 2. The number of carbonyl (C=O) groups excluding carboxylic acids is 1. The van der Waals surface area contributed by atoms with Crippen molar-refractivity contribution in [3.05, 3.63) is 47.5 Å². The number of nitrogens with zero attached hydrogens (tertiary/aromatic N) is 1. The van der Waals surface area contributed by atoms with Gasteiger partial charge in [-0.2, -0.15) is 0 Å². The second-order valence-electron chi connectivity index (χ2n) is 6.00. The predicted molar refractivity (Wildman–Crippen MR) is 103 cm³/mol. The van der Waals surface area contributed by atoms with Gasteiger partial charge >= 0.3 is 0 Å².